The second kappa shape index (κ2) is 7.98. The maximum absolute atomic E-state index is 11.8. The number of nitrogens with zero attached hydrogens (tertiary/aromatic N) is 4. The van der Waals surface area contributed by atoms with E-state index in [1.165, 1.54) is 6.33 Å². The average Bonchev–Trinajstić information content (AvgIpc) is 2.70. The molecule has 0 bridgehead atoms. The molecule has 0 fully saturated rings. The van der Waals surface area contributed by atoms with Crippen LogP contribution in [0.25, 0.3) is 10.9 Å². The molecular formula is C19H11BrClN5O3. The third kappa shape index (κ3) is 3.96. The van der Waals surface area contributed by atoms with E-state index >= 15 is 0 Å². The SMILES string of the molecule is O=[N+]([O-])c1c(Nc2cccc(Cl)c2)ncnc1Oc1ccc(Br)c2cccnc12. The Labute approximate surface area is 177 Å². The van der Waals surface area contributed by atoms with Gasteiger partial charge in [-0.1, -0.05) is 39.7 Å². The van der Waals surface area contributed by atoms with Gasteiger partial charge in [-0.3, -0.25) is 15.1 Å². The minimum atomic E-state index is -0.601. The number of anilines is 2. The highest BCUT2D eigenvalue weighted by Gasteiger charge is 2.26. The molecule has 0 amide bonds. The number of hydrogen-bond donors (Lipinski definition) is 1. The van der Waals surface area contributed by atoms with E-state index in [1.54, 1.807) is 48.7 Å². The maximum Gasteiger partial charge on any atom is 0.373 e. The van der Waals surface area contributed by atoms with Gasteiger partial charge in [-0.25, -0.2) is 4.98 Å². The summed E-state index contributed by atoms with van der Waals surface area (Å²) < 4.78 is 6.63. The molecule has 2 heterocycles. The molecule has 8 nitrogen and oxygen atoms in total. The van der Waals surface area contributed by atoms with Crippen molar-refractivity contribution in [1.82, 2.24) is 15.0 Å². The summed E-state index contributed by atoms with van der Waals surface area (Å²) >= 11 is 9.44. The van der Waals surface area contributed by atoms with Crippen LogP contribution in [0.1, 0.15) is 0 Å². The van der Waals surface area contributed by atoms with Crippen molar-refractivity contribution in [1.29, 1.82) is 0 Å². The van der Waals surface area contributed by atoms with Crippen LogP contribution in [0.2, 0.25) is 5.02 Å². The van der Waals surface area contributed by atoms with Gasteiger partial charge in [-0.2, -0.15) is 4.98 Å². The summed E-state index contributed by atoms with van der Waals surface area (Å²) in [6.45, 7) is 0. The first-order valence-electron chi connectivity index (χ1n) is 8.26. The molecule has 0 aliphatic carbocycles. The van der Waals surface area contributed by atoms with Gasteiger partial charge in [0, 0.05) is 26.8 Å². The Balaban J connectivity index is 1.77. The van der Waals surface area contributed by atoms with Gasteiger partial charge in [0.1, 0.15) is 11.8 Å². The number of ether oxygens (including phenoxy) is 1. The minimum Gasteiger partial charge on any atom is -0.431 e. The second-order valence-corrected chi connectivity index (χ2v) is 7.11. The largest absolute Gasteiger partial charge is 0.431 e. The predicted octanol–water partition coefficient (Wildman–Crippen LogP) is 5.88. The van der Waals surface area contributed by atoms with Crippen LogP contribution < -0.4 is 10.1 Å². The lowest BCUT2D eigenvalue weighted by atomic mass is 10.2. The molecule has 144 valence electrons. The van der Waals surface area contributed by atoms with Crippen molar-refractivity contribution in [2.75, 3.05) is 5.32 Å². The lowest BCUT2D eigenvalue weighted by Gasteiger charge is -2.11. The first-order chi connectivity index (χ1) is 14.0. The Morgan fingerprint density at radius 2 is 1.97 bits per heavy atom. The fourth-order valence-corrected chi connectivity index (χ4v) is 3.34. The molecule has 0 saturated heterocycles. The third-order valence-corrected chi connectivity index (χ3v) is 4.87. The summed E-state index contributed by atoms with van der Waals surface area (Å²) in [5, 5.41) is 15.9. The van der Waals surface area contributed by atoms with Crippen molar-refractivity contribution in [2.45, 2.75) is 0 Å². The smallest absolute Gasteiger partial charge is 0.373 e. The van der Waals surface area contributed by atoms with E-state index in [2.05, 4.69) is 36.2 Å². The fourth-order valence-electron chi connectivity index (χ4n) is 2.69. The van der Waals surface area contributed by atoms with Gasteiger partial charge in [-0.05, 0) is 36.4 Å². The van der Waals surface area contributed by atoms with Crippen LogP contribution in [0.15, 0.2) is 65.5 Å². The number of nitrogens with one attached hydrogen (secondary N) is 1. The number of hydrogen-bond acceptors (Lipinski definition) is 7. The molecule has 0 unspecified atom stereocenters. The zero-order chi connectivity index (χ0) is 20.4. The van der Waals surface area contributed by atoms with Crippen molar-refractivity contribution >= 4 is 55.6 Å². The number of nitro groups is 1. The molecule has 4 rings (SSSR count). The monoisotopic (exact) mass is 471 g/mol. The molecule has 0 radical (unpaired) electrons. The summed E-state index contributed by atoms with van der Waals surface area (Å²) in [6.07, 6.45) is 2.80. The molecule has 0 saturated carbocycles. The van der Waals surface area contributed by atoms with E-state index in [-0.39, 0.29) is 11.7 Å². The topological polar surface area (TPSA) is 103 Å². The number of fused-ring (bicyclic) bond motifs is 1. The van der Waals surface area contributed by atoms with Gasteiger partial charge >= 0.3 is 11.6 Å². The van der Waals surface area contributed by atoms with Gasteiger partial charge < -0.3 is 10.1 Å². The molecular weight excluding hydrogens is 462 g/mol. The van der Waals surface area contributed by atoms with Crippen LogP contribution in [-0.4, -0.2) is 19.9 Å². The van der Waals surface area contributed by atoms with E-state index < -0.39 is 10.6 Å². The summed E-state index contributed by atoms with van der Waals surface area (Å²) in [4.78, 5) is 23.4. The van der Waals surface area contributed by atoms with Crippen LogP contribution in [0.3, 0.4) is 0 Å². The van der Waals surface area contributed by atoms with E-state index in [4.69, 9.17) is 16.3 Å². The van der Waals surface area contributed by atoms with Crippen molar-refractivity contribution in [3.8, 4) is 11.6 Å². The van der Waals surface area contributed by atoms with Crippen LogP contribution in [0.4, 0.5) is 17.2 Å². The normalized spacial score (nSPS) is 10.7. The van der Waals surface area contributed by atoms with Crippen LogP contribution in [-0.2, 0) is 0 Å². The first-order valence-corrected chi connectivity index (χ1v) is 9.43. The van der Waals surface area contributed by atoms with Crippen LogP contribution >= 0.6 is 27.5 Å². The Bertz CT molecular complexity index is 1240. The van der Waals surface area contributed by atoms with Gasteiger partial charge in [-0.15, -0.1) is 0 Å². The minimum absolute atomic E-state index is 0.0170. The first kappa shape index (κ1) is 19.0. The molecule has 10 heteroatoms. The average molecular weight is 473 g/mol. The number of benzene rings is 2. The van der Waals surface area contributed by atoms with Gasteiger partial charge in [0.2, 0.25) is 5.82 Å². The lowest BCUT2D eigenvalue weighted by molar-refractivity contribution is -0.385. The fraction of sp³-hybridized carbons (Fsp3) is 0. The molecule has 0 spiro atoms. The Hall–Kier alpha value is -3.30. The number of pyridine rings is 1. The molecule has 4 aromatic rings. The molecule has 0 atom stereocenters. The quantitative estimate of drug-likeness (QED) is 0.285. The molecule has 29 heavy (non-hydrogen) atoms. The second-order valence-electron chi connectivity index (χ2n) is 5.82. The Kier molecular flexibility index (Phi) is 5.24. The summed E-state index contributed by atoms with van der Waals surface area (Å²) in [5.41, 5.74) is 0.680. The zero-order valence-corrected chi connectivity index (χ0v) is 16.9. The molecule has 1 N–H and O–H groups in total. The number of halogens is 2. The van der Waals surface area contributed by atoms with Crippen molar-refractivity contribution in [3.63, 3.8) is 0 Å². The van der Waals surface area contributed by atoms with Gasteiger partial charge in [0.05, 0.1) is 4.92 Å². The summed E-state index contributed by atoms with van der Waals surface area (Å²) in [7, 11) is 0. The summed E-state index contributed by atoms with van der Waals surface area (Å²) in [6, 6.07) is 13.8. The van der Waals surface area contributed by atoms with E-state index in [1.807, 2.05) is 6.07 Å². The summed E-state index contributed by atoms with van der Waals surface area (Å²) in [5.74, 6) is 0.111. The third-order valence-electron chi connectivity index (χ3n) is 3.94. The highest BCUT2D eigenvalue weighted by Crippen LogP contribution is 2.38. The van der Waals surface area contributed by atoms with Crippen LogP contribution in [0, 0.1) is 10.1 Å². The molecule has 0 aliphatic heterocycles. The highest BCUT2D eigenvalue weighted by molar-refractivity contribution is 9.10. The molecule has 0 aliphatic rings. The number of aromatic nitrogens is 3. The predicted molar refractivity (Wildman–Crippen MR) is 113 cm³/mol. The van der Waals surface area contributed by atoms with Crippen molar-refractivity contribution in [3.05, 3.63) is 80.7 Å². The van der Waals surface area contributed by atoms with Crippen molar-refractivity contribution in [2.24, 2.45) is 0 Å². The van der Waals surface area contributed by atoms with E-state index in [0.29, 0.717) is 22.0 Å². The zero-order valence-electron chi connectivity index (χ0n) is 14.5. The Morgan fingerprint density at radius 1 is 1.10 bits per heavy atom. The maximum atomic E-state index is 11.8. The van der Waals surface area contributed by atoms with E-state index in [0.717, 1.165) is 9.86 Å². The standard InChI is InChI=1S/C19H11BrClN5O3/c20-14-6-7-15(16-13(14)5-2-8-22-16)29-19-17(26(27)28)18(23-10-24-19)25-12-4-1-3-11(21)9-12/h1-10H,(H,23,24,25). The number of rotatable bonds is 5. The molecule has 2 aromatic carbocycles. The highest BCUT2D eigenvalue weighted by atomic mass is 79.9. The molecule has 2 aromatic heterocycles. The van der Waals surface area contributed by atoms with Gasteiger partial charge in [0.15, 0.2) is 5.75 Å². The lowest BCUT2D eigenvalue weighted by Crippen LogP contribution is -2.03. The van der Waals surface area contributed by atoms with Crippen LogP contribution in [0.5, 0.6) is 11.6 Å². The Morgan fingerprint density at radius 3 is 2.76 bits per heavy atom. The van der Waals surface area contributed by atoms with Gasteiger partial charge in [0.25, 0.3) is 0 Å². The van der Waals surface area contributed by atoms with E-state index in [9.17, 15) is 10.1 Å². The van der Waals surface area contributed by atoms with Crippen molar-refractivity contribution < 1.29 is 9.66 Å².